The number of thioether (sulfide) groups is 1. The minimum Gasteiger partial charge on any atom is -0.382 e. The lowest BCUT2D eigenvalue weighted by atomic mass is 10.1. The van der Waals surface area contributed by atoms with Gasteiger partial charge in [0.1, 0.15) is 0 Å². The number of nitro benzene ring substituents is 1. The summed E-state index contributed by atoms with van der Waals surface area (Å²) in [6, 6.07) is 5.47. The van der Waals surface area contributed by atoms with Gasteiger partial charge >= 0.3 is 0 Å². The van der Waals surface area contributed by atoms with Gasteiger partial charge in [-0.25, -0.2) is 0 Å². The molecule has 1 unspecified atom stereocenters. The molecule has 1 atom stereocenters. The smallest absolute Gasteiger partial charge is 0.272 e. The number of nitro groups is 1. The second-order valence-corrected chi connectivity index (χ2v) is 4.67. The van der Waals surface area contributed by atoms with E-state index in [0.717, 1.165) is 11.4 Å². The fourth-order valence-corrected chi connectivity index (χ4v) is 2.11. The first-order valence-corrected chi connectivity index (χ1v) is 6.44. The molecule has 0 radical (unpaired) electrons. The summed E-state index contributed by atoms with van der Waals surface area (Å²) in [6.07, 6.45) is 2.05. The van der Waals surface area contributed by atoms with Crippen LogP contribution in [-0.4, -0.2) is 23.0 Å². The summed E-state index contributed by atoms with van der Waals surface area (Å²) >= 11 is 1.77. The molecular formula is C11H16N2O2S. The molecule has 0 spiro atoms. The summed E-state index contributed by atoms with van der Waals surface area (Å²) in [5, 5.41) is 13.9. The Morgan fingerprint density at radius 3 is 2.75 bits per heavy atom. The molecule has 5 heteroatoms. The van der Waals surface area contributed by atoms with Crippen LogP contribution in [0.2, 0.25) is 0 Å². The number of aryl methyl sites for hydroxylation is 1. The fraction of sp³-hybridized carbons (Fsp3) is 0.455. The van der Waals surface area contributed by atoms with Gasteiger partial charge in [0.25, 0.3) is 5.69 Å². The molecule has 0 aliphatic rings. The van der Waals surface area contributed by atoms with Gasteiger partial charge in [-0.2, -0.15) is 11.8 Å². The Morgan fingerprint density at radius 1 is 1.56 bits per heavy atom. The third kappa shape index (κ3) is 3.41. The summed E-state index contributed by atoms with van der Waals surface area (Å²) in [5.74, 6) is 1.01. The minimum absolute atomic E-state index is 0.170. The average Bonchev–Trinajstić information content (AvgIpc) is 2.17. The molecule has 0 amide bonds. The van der Waals surface area contributed by atoms with Crippen molar-refractivity contribution in [1.82, 2.24) is 0 Å². The second kappa shape index (κ2) is 5.75. The molecule has 0 saturated heterocycles. The van der Waals surface area contributed by atoms with Gasteiger partial charge in [-0.1, -0.05) is 0 Å². The first-order valence-electron chi connectivity index (χ1n) is 5.05. The van der Waals surface area contributed by atoms with Crippen molar-refractivity contribution in [1.29, 1.82) is 0 Å². The zero-order valence-corrected chi connectivity index (χ0v) is 10.5. The van der Waals surface area contributed by atoms with Crippen molar-refractivity contribution in [3.05, 3.63) is 33.9 Å². The van der Waals surface area contributed by atoms with E-state index in [1.54, 1.807) is 30.8 Å². The molecule has 0 fully saturated rings. The van der Waals surface area contributed by atoms with Crippen molar-refractivity contribution < 1.29 is 4.92 Å². The van der Waals surface area contributed by atoms with Gasteiger partial charge in [-0.3, -0.25) is 10.1 Å². The SMILES string of the molecule is CSCC(C)Nc1ccc([N+](=O)[O-])c(C)c1. The Bertz CT molecular complexity index is 382. The lowest BCUT2D eigenvalue weighted by Gasteiger charge is -2.14. The van der Waals surface area contributed by atoms with Crippen LogP contribution in [0, 0.1) is 17.0 Å². The topological polar surface area (TPSA) is 55.2 Å². The number of rotatable bonds is 5. The van der Waals surface area contributed by atoms with Gasteiger partial charge in [-0.05, 0) is 32.2 Å². The van der Waals surface area contributed by atoms with Crippen molar-refractivity contribution in [2.75, 3.05) is 17.3 Å². The molecule has 1 aromatic carbocycles. The van der Waals surface area contributed by atoms with Crippen LogP contribution in [-0.2, 0) is 0 Å². The number of benzene rings is 1. The molecular weight excluding hydrogens is 224 g/mol. The standard InChI is InChI=1S/C11H16N2O2S/c1-8-6-10(12-9(2)7-16-3)4-5-11(8)13(14)15/h4-6,9,12H,7H2,1-3H3. The van der Waals surface area contributed by atoms with Crippen LogP contribution in [0.1, 0.15) is 12.5 Å². The molecule has 0 saturated carbocycles. The van der Waals surface area contributed by atoms with Crippen molar-refractivity contribution in [3.8, 4) is 0 Å². The molecule has 0 aliphatic carbocycles. The van der Waals surface area contributed by atoms with Crippen molar-refractivity contribution in [3.63, 3.8) is 0 Å². The van der Waals surface area contributed by atoms with Crippen LogP contribution in [0.5, 0.6) is 0 Å². The highest BCUT2D eigenvalue weighted by Gasteiger charge is 2.10. The van der Waals surface area contributed by atoms with Crippen molar-refractivity contribution in [2.24, 2.45) is 0 Å². The van der Waals surface area contributed by atoms with Gasteiger partial charge in [0.15, 0.2) is 0 Å². The summed E-state index contributed by atoms with van der Waals surface area (Å²) < 4.78 is 0. The number of hydrogen-bond donors (Lipinski definition) is 1. The Balaban J connectivity index is 2.77. The molecule has 0 heterocycles. The second-order valence-electron chi connectivity index (χ2n) is 3.76. The summed E-state index contributed by atoms with van der Waals surface area (Å²) in [6.45, 7) is 3.84. The maximum atomic E-state index is 10.6. The third-order valence-electron chi connectivity index (χ3n) is 2.22. The average molecular weight is 240 g/mol. The zero-order chi connectivity index (χ0) is 12.1. The van der Waals surface area contributed by atoms with Crippen molar-refractivity contribution in [2.45, 2.75) is 19.9 Å². The van der Waals surface area contributed by atoms with Crippen LogP contribution >= 0.6 is 11.8 Å². The number of nitrogens with one attached hydrogen (secondary N) is 1. The Hall–Kier alpha value is -1.23. The van der Waals surface area contributed by atoms with Crippen LogP contribution in [0.3, 0.4) is 0 Å². The van der Waals surface area contributed by atoms with E-state index in [1.165, 1.54) is 0 Å². The molecule has 0 aliphatic heterocycles. The van der Waals surface area contributed by atoms with E-state index in [4.69, 9.17) is 0 Å². The molecule has 1 N–H and O–H groups in total. The minimum atomic E-state index is -0.357. The van der Waals surface area contributed by atoms with E-state index in [1.807, 2.05) is 6.07 Å². The molecule has 1 rings (SSSR count). The normalized spacial score (nSPS) is 12.2. The monoisotopic (exact) mass is 240 g/mol. The number of nitrogens with zero attached hydrogens (tertiary/aromatic N) is 1. The van der Waals surface area contributed by atoms with Gasteiger partial charge < -0.3 is 5.32 Å². The van der Waals surface area contributed by atoms with Crippen LogP contribution in [0.4, 0.5) is 11.4 Å². The molecule has 1 aromatic rings. The highest BCUT2D eigenvalue weighted by Crippen LogP contribution is 2.22. The van der Waals surface area contributed by atoms with E-state index in [9.17, 15) is 10.1 Å². The van der Waals surface area contributed by atoms with Gasteiger partial charge in [-0.15, -0.1) is 0 Å². The Kier molecular flexibility index (Phi) is 4.61. The van der Waals surface area contributed by atoms with E-state index in [0.29, 0.717) is 11.6 Å². The summed E-state index contributed by atoms with van der Waals surface area (Å²) in [7, 11) is 0. The number of anilines is 1. The van der Waals surface area contributed by atoms with Crippen LogP contribution in [0.15, 0.2) is 18.2 Å². The number of hydrogen-bond acceptors (Lipinski definition) is 4. The Morgan fingerprint density at radius 2 is 2.25 bits per heavy atom. The first-order chi connectivity index (χ1) is 7.54. The van der Waals surface area contributed by atoms with E-state index in [2.05, 4.69) is 18.5 Å². The highest BCUT2D eigenvalue weighted by molar-refractivity contribution is 7.98. The molecule has 0 aromatic heterocycles. The molecule has 4 nitrogen and oxygen atoms in total. The lowest BCUT2D eigenvalue weighted by molar-refractivity contribution is -0.385. The molecule has 88 valence electrons. The van der Waals surface area contributed by atoms with Gasteiger partial charge in [0.2, 0.25) is 0 Å². The zero-order valence-electron chi connectivity index (χ0n) is 9.69. The highest BCUT2D eigenvalue weighted by atomic mass is 32.2. The predicted molar refractivity (Wildman–Crippen MR) is 69.3 cm³/mol. The Labute approximate surface area is 99.6 Å². The third-order valence-corrected chi connectivity index (χ3v) is 3.06. The van der Waals surface area contributed by atoms with Crippen molar-refractivity contribution >= 4 is 23.1 Å². The van der Waals surface area contributed by atoms with E-state index in [-0.39, 0.29) is 10.6 Å². The lowest BCUT2D eigenvalue weighted by Crippen LogP contribution is -2.17. The quantitative estimate of drug-likeness (QED) is 0.634. The molecule has 16 heavy (non-hydrogen) atoms. The van der Waals surface area contributed by atoms with Gasteiger partial charge in [0, 0.05) is 29.1 Å². The largest absolute Gasteiger partial charge is 0.382 e. The van der Waals surface area contributed by atoms with E-state index >= 15 is 0 Å². The van der Waals surface area contributed by atoms with Gasteiger partial charge in [0.05, 0.1) is 4.92 Å². The summed E-state index contributed by atoms with van der Waals surface area (Å²) in [4.78, 5) is 10.3. The maximum Gasteiger partial charge on any atom is 0.272 e. The molecule has 0 bridgehead atoms. The maximum absolute atomic E-state index is 10.6. The first kappa shape index (κ1) is 12.8. The van der Waals surface area contributed by atoms with Crippen LogP contribution < -0.4 is 5.32 Å². The van der Waals surface area contributed by atoms with Crippen LogP contribution in [0.25, 0.3) is 0 Å². The predicted octanol–water partition coefficient (Wildman–Crippen LogP) is 3.07. The summed E-state index contributed by atoms with van der Waals surface area (Å²) in [5.41, 5.74) is 1.79. The van der Waals surface area contributed by atoms with E-state index < -0.39 is 0 Å². The fourth-order valence-electron chi connectivity index (χ4n) is 1.53.